The molecule has 0 bridgehead atoms. The Kier molecular flexibility index (Phi) is 3.43. The first-order valence-electron chi connectivity index (χ1n) is 5.97. The quantitative estimate of drug-likeness (QED) is 0.902. The largest absolute Gasteiger partial charge is 0.376 e. The molecule has 2 aromatic rings. The molecule has 96 valence electrons. The van der Waals surface area contributed by atoms with Gasteiger partial charge in [0.15, 0.2) is 5.60 Å². The zero-order valence-corrected chi connectivity index (χ0v) is 10.5. The van der Waals surface area contributed by atoms with Crippen LogP contribution in [-0.2, 0) is 12.1 Å². The minimum absolute atomic E-state index is 0.410. The Bertz CT molecular complexity index is 523. The molecule has 0 saturated heterocycles. The van der Waals surface area contributed by atoms with Gasteiger partial charge < -0.3 is 9.67 Å². The van der Waals surface area contributed by atoms with E-state index in [1.165, 1.54) is 12.1 Å². The number of halogens is 1. The highest BCUT2D eigenvalue weighted by Crippen LogP contribution is 2.30. The van der Waals surface area contributed by atoms with Crippen LogP contribution in [-0.4, -0.2) is 19.6 Å². The Hall–Kier alpha value is -1.75. The fourth-order valence-corrected chi connectivity index (χ4v) is 2.00. The molecular formula is C13H16FN3O. The predicted molar refractivity (Wildman–Crippen MR) is 65.4 cm³/mol. The third-order valence-electron chi connectivity index (χ3n) is 3.09. The number of nitrogens with zero attached hydrogens (tertiary/aromatic N) is 3. The second-order valence-electron chi connectivity index (χ2n) is 4.11. The Labute approximate surface area is 105 Å². The van der Waals surface area contributed by atoms with Crippen LogP contribution in [0.25, 0.3) is 0 Å². The van der Waals surface area contributed by atoms with Gasteiger partial charge in [0.2, 0.25) is 0 Å². The number of hydrogen-bond donors (Lipinski definition) is 1. The normalized spacial score (nSPS) is 14.4. The maximum absolute atomic E-state index is 12.9. The van der Waals surface area contributed by atoms with Crippen LogP contribution in [0.15, 0.2) is 30.7 Å². The number of aliphatic hydroxyl groups is 1. The summed E-state index contributed by atoms with van der Waals surface area (Å²) in [6.45, 7) is 4.53. The van der Waals surface area contributed by atoms with Gasteiger partial charge in [-0.15, -0.1) is 0 Å². The van der Waals surface area contributed by atoms with Crippen LogP contribution >= 0.6 is 0 Å². The summed E-state index contributed by atoms with van der Waals surface area (Å²) in [6, 6.07) is 2.79. The first-order valence-corrected chi connectivity index (χ1v) is 5.97. The molecule has 0 fully saturated rings. The molecule has 0 radical (unpaired) electrons. The van der Waals surface area contributed by atoms with E-state index in [4.69, 9.17) is 0 Å². The van der Waals surface area contributed by atoms with Crippen molar-refractivity contribution in [3.8, 4) is 0 Å². The van der Waals surface area contributed by atoms with Crippen LogP contribution in [0.5, 0.6) is 0 Å². The molecule has 2 aromatic heterocycles. The summed E-state index contributed by atoms with van der Waals surface area (Å²) in [4.78, 5) is 8.18. The van der Waals surface area contributed by atoms with E-state index < -0.39 is 11.4 Å². The molecule has 0 saturated carbocycles. The van der Waals surface area contributed by atoms with Gasteiger partial charge >= 0.3 is 0 Å². The lowest BCUT2D eigenvalue weighted by atomic mass is 9.94. The van der Waals surface area contributed by atoms with E-state index in [1.807, 2.05) is 18.4 Å². The highest BCUT2D eigenvalue weighted by molar-refractivity contribution is 5.23. The van der Waals surface area contributed by atoms with E-state index in [-0.39, 0.29) is 0 Å². The summed E-state index contributed by atoms with van der Waals surface area (Å²) >= 11 is 0. The molecule has 5 heteroatoms. The van der Waals surface area contributed by atoms with Crippen molar-refractivity contribution in [2.24, 2.45) is 0 Å². The molecule has 1 N–H and O–H groups in total. The average Bonchev–Trinajstić information content (AvgIpc) is 2.87. The number of hydrogen-bond acceptors (Lipinski definition) is 3. The van der Waals surface area contributed by atoms with Gasteiger partial charge in [-0.2, -0.15) is 0 Å². The summed E-state index contributed by atoms with van der Waals surface area (Å²) in [5.74, 6) is 0.114. The summed E-state index contributed by atoms with van der Waals surface area (Å²) in [5.41, 5.74) is -0.875. The van der Waals surface area contributed by atoms with E-state index in [0.29, 0.717) is 24.5 Å². The second-order valence-corrected chi connectivity index (χ2v) is 4.11. The van der Waals surface area contributed by atoms with E-state index in [2.05, 4.69) is 9.97 Å². The van der Waals surface area contributed by atoms with Crippen LogP contribution < -0.4 is 0 Å². The van der Waals surface area contributed by atoms with Crippen molar-refractivity contribution in [1.29, 1.82) is 0 Å². The van der Waals surface area contributed by atoms with Crippen molar-refractivity contribution in [2.75, 3.05) is 0 Å². The monoisotopic (exact) mass is 249 g/mol. The van der Waals surface area contributed by atoms with Crippen molar-refractivity contribution in [3.63, 3.8) is 0 Å². The standard InChI is InChI=1S/C13H16FN3O/c1-3-13(18,11-6-5-10(14)9-16-11)12-15-7-8-17(12)4-2/h5-9,18H,3-4H2,1-2H3. The minimum Gasteiger partial charge on any atom is -0.376 e. The molecule has 2 heterocycles. The number of aryl methyl sites for hydroxylation is 1. The fraction of sp³-hybridized carbons (Fsp3) is 0.385. The third-order valence-corrected chi connectivity index (χ3v) is 3.09. The van der Waals surface area contributed by atoms with Gasteiger partial charge in [-0.25, -0.2) is 9.37 Å². The highest BCUT2D eigenvalue weighted by Gasteiger charge is 2.35. The van der Waals surface area contributed by atoms with Gasteiger partial charge in [-0.3, -0.25) is 4.98 Å². The molecule has 0 aliphatic carbocycles. The van der Waals surface area contributed by atoms with E-state index in [1.54, 1.807) is 12.4 Å². The number of aromatic nitrogens is 3. The number of rotatable bonds is 4. The van der Waals surface area contributed by atoms with Gasteiger partial charge in [0.25, 0.3) is 0 Å². The van der Waals surface area contributed by atoms with Crippen LogP contribution in [0.2, 0.25) is 0 Å². The van der Waals surface area contributed by atoms with Crippen LogP contribution in [0.1, 0.15) is 31.8 Å². The van der Waals surface area contributed by atoms with Crippen LogP contribution in [0, 0.1) is 5.82 Å². The Morgan fingerprint density at radius 1 is 1.33 bits per heavy atom. The predicted octanol–water partition coefficient (Wildman–Crippen LogP) is 2.08. The molecule has 0 aliphatic rings. The van der Waals surface area contributed by atoms with Crippen molar-refractivity contribution >= 4 is 0 Å². The fourth-order valence-electron chi connectivity index (χ4n) is 2.00. The van der Waals surface area contributed by atoms with Gasteiger partial charge in [-0.05, 0) is 25.5 Å². The van der Waals surface area contributed by atoms with Crippen molar-refractivity contribution < 1.29 is 9.50 Å². The summed E-state index contributed by atoms with van der Waals surface area (Å²) in [6.07, 6.45) is 4.97. The molecule has 0 amide bonds. The zero-order chi connectivity index (χ0) is 13.2. The number of imidazole rings is 1. The summed E-state index contributed by atoms with van der Waals surface area (Å²) in [7, 11) is 0. The smallest absolute Gasteiger partial charge is 0.163 e. The zero-order valence-electron chi connectivity index (χ0n) is 10.5. The molecule has 2 rings (SSSR count). The molecule has 18 heavy (non-hydrogen) atoms. The highest BCUT2D eigenvalue weighted by atomic mass is 19.1. The van der Waals surface area contributed by atoms with E-state index in [9.17, 15) is 9.50 Å². The van der Waals surface area contributed by atoms with Crippen molar-refractivity contribution in [1.82, 2.24) is 14.5 Å². The van der Waals surface area contributed by atoms with Gasteiger partial charge in [0.1, 0.15) is 11.6 Å². The van der Waals surface area contributed by atoms with E-state index >= 15 is 0 Å². The topological polar surface area (TPSA) is 50.9 Å². The lowest BCUT2D eigenvalue weighted by Crippen LogP contribution is -2.31. The molecule has 4 nitrogen and oxygen atoms in total. The third kappa shape index (κ3) is 2.01. The molecule has 1 unspecified atom stereocenters. The minimum atomic E-state index is -1.28. The van der Waals surface area contributed by atoms with Crippen LogP contribution in [0.3, 0.4) is 0 Å². The molecule has 0 spiro atoms. The first kappa shape index (κ1) is 12.7. The Balaban J connectivity index is 2.51. The van der Waals surface area contributed by atoms with Gasteiger partial charge in [0.05, 0.1) is 11.9 Å². The lowest BCUT2D eigenvalue weighted by molar-refractivity contribution is 0.0586. The van der Waals surface area contributed by atoms with Crippen molar-refractivity contribution in [2.45, 2.75) is 32.4 Å². The second kappa shape index (κ2) is 4.86. The molecule has 0 aromatic carbocycles. The summed E-state index contributed by atoms with van der Waals surface area (Å²) < 4.78 is 14.8. The Morgan fingerprint density at radius 2 is 2.11 bits per heavy atom. The SMILES string of the molecule is CCn1ccnc1C(O)(CC)c1ccc(F)cn1. The molecule has 0 aliphatic heterocycles. The molecule has 1 atom stereocenters. The van der Waals surface area contributed by atoms with E-state index in [0.717, 1.165) is 6.20 Å². The summed E-state index contributed by atoms with van der Waals surface area (Å²) in [5, 5.41) is 10.8. The molecular weight excluding hydrogens is 233 g/mol. The maximum Gasteiger partial charge on any atom is 0.163 e. The van der Waals surface area contributed by atoms with Gasteiger partial charge in [0, 0.05) is 18.9 Å². The lowest BCUT2D eigenvalue weighted by Gasteiger charge is -2.26. The Morgan fingerprint density at radius 3 is 2.67 bits per heavy atom. The van der Waals surface area contributed by atoms with Crippen LogP contribution in [0.4, 0.5) is 4.39 Å². The van der Waals surface area contributed by atoms with Crippen molar-refractivity contribution in [3.05, 3.63) is 48.1 Å². The maximum atomic E-state index is 12.9. The van der Waals surface area contributed by atoms with Gasteiger partial charge in [-0.1, -0.05) is 6.92 Å². The number of pyridine rings is 1. The first-order chi connectivity index (χ1) is 8.61. The average molecular weight is 249 g/mol.